The Balaban J connectivity index is 2.12. The van der Waals surface area contributed by atoms with Crippen LogP contribution in [0.5, 0.6) is 0 Å². The predicted octanol–water partition coefficient (Wildman–Crippen LogP) is 1.74. The summed E-state index contributed by atoms with van der Waals surface area (Å²) in [6, 6.07) is 1.95. The van der Waals surface area contributed by atoms with Gasteiger partial charge in [0.15, 0.2) is 0 Å². The molecule has 0 aliphatic heterocycles. The van der Waals surface area contributed by atoms with Crippen molar-refractivity contribution in [3.05, 3.63) is 40.4 Å². The lowest BCUT2D eigenvalue weighted by Crippen LogP contribution is -2.21. The fraction of sp³-hybridized carbons (Fsp3) is 0.364. The molecule has 2 rings (SSSR count). The first-order chi connectivity index (χ1) is 7.79. The zero-order chi connectivity index (χ0) is 11.4. The van der Waals surface area contributed by atoms with Gasteiger partial charge in [0.25, 0.3) is 0 Å². The molecule has 0 fully saturated rings. The fourth-order valence-electron chi connectivity index (χ4n) is 1.52. The molecule has 1 unspecified atom stereocenters. The normalized spacial score (nSPS) is 12.6. The topological polar surface area (TPSA) is 50.7 Å². The summed E-state index contributed by atoms with van der Waals surface area (Å²) in [5.74, 6) is 0.815. The third-order valence-electron chi connectivity index (χ3n) is 2.33. The summed E-state index contributed by atoms with van der Waals surface area (Å²) in [6.45, 7) is 2.02. The highest BCUT2D eigenvalue weighted by Crippen LogP contribution is 2.16. The first kappa shape index (κ1) is 11.2. The van der Waals surface area contributed by atoms with E-state index in [-0.39, 0.29) is 6.04 Å². The van der Waals surface area contributed by atoms with Crippen LogP contribution in [-0.4, -0.2) is 22.0 Å². The molecule has 0 amide bonds. The van der Waals surface area contributed by atoms with Crippen LogP contribution in [0.4, 0.5) is 0 Å². The molecule has 2 aromatic heterocycles. The van der Waals surface area contributed by atoms with Crippen LogP contribution in [0.3, 0.4) is 0 Å². The average molecular weight is 234 g/mol. The van der Waals surface area contributed by atoms with E-state index in [1.165, 1.54) is 0 Å². The van der Waals surface area contributed by atoms with E-state index < -0.39 is 0 Å². The third-order valence-corrected chi connectivity index (χ3v) is 3.15. The minimum absolute atomic E-state index is 0.127. The van der Waals surface area contributed by atoms with E-state index in [1.54, 1.807) is 23.7 Å². The van der Waals surface area contributed by atoms with Gasteiger partial charge in [-0.25, -0.2) is 15.0 Å². The molecule has 0 spiro atoms. The van der Waals surface area contributed by atoms with Crippen LogP contribution in [0.25, 0.3) is 0 Å². The molecule has 0 aromatic carbocycles. The van der Waals surface area contributed by atoms with Crippen molar-refractivity contribution in [1.29, 1.82) is 0 Å². The predicted molar refractivity (Wildman–Crippen MR) is 64.4 cm³/mol. The molecule has 0 aliphatic carbocycles. The van der Waals surface area contributed by atoms with Crippen LogP contribution < -0.4 is 5.32 Å². The Morgan fingerprint density at radius 1 is 1.38 bits per heavy atom. The lowest BCUT2D eigenvalue weighted by molar-refractivity contribution is 0.552. The van der Waals surface area contributed by atoms with E-state index >= 15 is 0 Å². The molecule has 2 aromatic rings. The Kier molecular flexibility index (Phi) is 3.58. The number of nitrogens with zero attached hydrogens (tertiary/aromatic N) is 3. The number of thiazole rings is 1. The molecule has 0 saturated carbocycles. The van der Waals surface area contributed by atoms with Crippen molar-refractivity contribution >= 4 is 11.3 Å². The highest BCUT2D eigenvalue weighted by molar-refractivity contribution is 7.09. The maximum absolute atomic E-state index is 4.45. The molecule has 0 saturated heterocycles. The summed E-state index contributed by atoms with van der Waals surface area (Å²) >= 11 is 1.67. The van der Waals surface area contributed by atoms with Crippen molar-refractivity contribution in [3.63, 3.8) is 0 Å². The van der Waals surface area contributed by atoms with Crippen molar-refractivity contribution in [1.82, 2.24) is 20.3 Å². The molecule has 5 heteroatoms. The molecular formula is C11H14N4S. The number of likely N-dealkylation sites (N-methyl/N-ethyl adjacent to an activating group) is 1. The number of hydrogen-bond acceptors (Lipinski definition) is 5. The first-order valence-corrected chi connectivity index (χ1v) is 6.02. The highest BCUT2D eigenvalue weighted by atomic mass is 32.1. The van der Waals surface area contributed by atoms with Gasteiger partial charge in [-0.05, 0) is 20.0 Å². The van der Waals surface area contributed by atoms with Crippen LogP contribution in [0, 0.1) is 6.92 Å². The molecule has 84 valence electrons. The maximum Gasteiger partial charge on any atom is 0.145 e. The molecule has 1 atom stereocenters. The van der Waals surface area contributed by atoms with Crippen LogP contribution in [-0.2, 0) is 6.42 Å². The van der Waals surface area contributed by atoms with Crippen molar-refractivity contribution in [2.45, 2.75) is 19.4 Å². The van der Waals surface area contributed by atoms with Crippen LogP contribution in [0.2, 0.25) is 0 Å². The molecule has 4 nitrogen and oxygen atoms in total. The van der Waals surface area contributed by atoms with Gasteiger partial charge in [-0.15, -0.1) is 11.3 Å². The molecule has 0 aliphatic rings. The number of aromatic nitrogens is 3. The second kappa shape index (κ2) is 5.14. The summed E-state index contributed by atoms with van der Waals surface area (Å²) in [4.78, 5) is 13.0. The van der Waals surface area contributed by atoms with Crippen molar-refractivity contribution in [2.75, 3.05) is 7.05 Å². The number of hydrogen-bond donors (Lipinski definition) is 1. The van der Waals surface area contributed by atoms with Gasteiger partial charge in [0, 0.05) is 24.2 Å². The van der Waals surface area contributed by atoms with E-state index in [1.807, 2.05) is 20.0 Å². The minimum atomic E-state index is 0.127. The zero-order valence-corrected chi connectivity index (χ0v) is 10.2. The van der Waals surface area contributed by atoms with Crippen LogP contribution in [0.1, 0.15) is 22.6 Å². The molecular weight excluding hydrogens is 220 g/mol. The van der Waals surface area contributed by atoms with Gasteiger partial charge < -0.3 is 5.32 Å². The highest BCUT2D eigenvalue weighted by Gasteiger charge is 2.13. The second-order valence-corrected chi connectivity index (χ2v) is 4.57. The molecule has 2 heterocycles. The Morgan fingerprint density at radius 3 is 2.69 bits per heavy atom. The summed E-state index contributed by atoms with van der Waals surface area (Å²) in [5.41, 5.74) is 1.09. The van der Waals surface area contributed by atoms with Crippen LogP contribution >= 0.6 is 11.3 Å². The fourth-order valence-corrected chi connectivity index (χ4v) is 2.15. The smallest absolute Gasteiger partial charge is 0.145 e. The lowest BCUT2D eigenvalue weighted by atomic mass is 10.1. The van der Waals surface area contributed by atoms with Gasteiger partial charge in [-0.3, -0.25) is 0 Å². The van der Waals surface area contributed by atoms with Gasteiger partial charge in [0.1, 0.15) is 5.82 Å². The monoisotopic (exact) mass is 234 g/mol. The minimum Gasteiger partial charge on any atom is -0.310 e. The number of nitrogens with one attached hydrogen (secondary N) is 1. The van der Waals surface area contributed by atoms with Gasteiger partial charge in [0.2, 0.25) is 0 Å². The van der Waals surface area contributed by atoms with Crippen molar-refractivity contribution in [3.8, 4) is 0 Å². The van der Waals surface area contributed by atoms with Gasteiger partial charge >= 0.3 is 0 Å². The van der Waals surface area contributed by atoms with Gasteiger partial charge in [-0.1, -0.05) is 0 Å². The maximum atomic E-state index is 4.45. The Morgan fingerprint density at radius 2 is 2.12 bits per heavy atom. The van der Waals surface area contributed by atoms with E-state index in [0.29, 0.717) is 0 Å². The quantitative estimate of drug-likeness (QED) is 0.875. The summed E-state index contributed by atoms with van der Waals surface area (Å²) in [5, 5.41) is 6.40. The molecule has 16 heavy (non-hydrogen) atoms. The van der Waals surface area contributed by atoms with Crippen LogP contribution in [0.15, 0.2) is 23.8 Å². The Labute approximate surface area is 98.8 Å². The molecule has 0 bridgehead atoms. The Bertz CT molecular complexity index is 440. The largest absolute Gasteiger partial charge is 0.310 e. The van der Waals surface area contributed by atoms with Crippen molar-refractivity contribution in [2.24, 2.45) is 0 Å². The van der Waals surface area contributed by atoms with E-state index in [9.17, 15) is 0 Å². The van der Waals surface area contributed by atoms with Gasteiger partial charge in [0.05, 0.1) is 16.7 Å². The van der Waals surface area contributed by atoms with E-state index in [4.69, 9.17) is 0 Å². The first-order valence-electron chi connectivity index (χ1n) is 5.15. The molecule has 0 radical (unpaired) electrons. The lowest BCUT2D eigenvalue weighted by Gasteiger charge is -2.12. The van der Waals surface area contributed by atoms with E-state index in [2.05, 4.69) is 25.6 Å². The van der Waals surface area contributed by atoms with Crippen molar-refractivity contribution < 1.29 is 0 Å². The van der Waals surface area contributed by atoms with Gasteiger partial charge in [-0.2, -0.15) is 0 Å². The number of rotatable bonds is 4. The average Bonchev–Trinajstić information content (AvgIpc) is 2.73. The van der Waals surface area contributed by atoms with E-state index in [0.717, 1.165) is 22.9 Å². The number of aryl methyl sites for hydroxylation is 1. The second-order valence-electron chi connectivity index (χ2n) is 3.51. The standard InChI is InChI=1S/C11H14N4S/c1-8-15-9(7-16-8)6-10(12-2)11-13-4-3-5-14-11/h3-5,7,10,12H,6H2,1-2H3. The summed E-state index contributed by atoms with van der Waals surface area (Å²) in [7, 11) is 1.92. The Hall–Kier alpha value is -1.33. The zero-order valence-electron chi connectivity index (χ0n) is 9.34. The summed E-state index contributed by atoms with van der Waals surface area (Å²) < 4.78 is 0. The SMILES string of the molecule is CNC(Cc1csc(C)n1)c1ncccn1. The molecule has 1 N–H and O–H groups in total. The third kappa shape index (κ3) is 2.62. The summed E-state index contributed by atoms with van der Waals surface area (Å²) in [6.07, 6.45) is 4.35.